The van der Waals surface area contributed by atoms with Gasteiger partial charge in [-0.1, -0.05) is 45.7 Å². The molecular weight excluding hydrogens is 442 g/mol. The van der Waals surface area contributed by atoms with Crippen molar-refractivity contribution < 1.29 is 24.2 Å². The van der Waals surface area contributed by atoms with Gasteiger partial charge in [-0.25, -0.2) is 0 Å². The first kappa shape index (κ1) is 24.8. The van der Waals surface area contributed by atoms with Gasteiger partial charge in [0, 0.05) is 47.8 Å². The summed E-state index contributed by atoms with van der Waals surface area (Å²) in [7, 11) is 0. The number of carboxylic acid groups (broad SMARTS) is 1. The van der Waals surface area contributed by atoms with E-state index < -0.39 is 11.9 Å². The number of terminal acetylenes is 1. The van der Waals surface area contributed by atoms with Crippen LogP contribution in [-0.4, -0.2) is 40.7 Å². The van der Waals surface area contributed by atoms with Crippen molar-refractivity contribution in [2.75, 3.05) is 13.2 Å². The molecule has 0 radical (unpaired) electrons. The monoisotopic (exact) mass is 475 g/mol. The van der Waals surface area contributed by atoms with Crippen LogP contribution in [0.1, 0.15) is 71.3 Å². The first-order valence-electron chi connectivity index (χ1n) is 12.1. The molecular formula is C29H33NO5. The van der Waals surface area contributed by atoms with Crippen molar-refractivity contribution >= 4 is 17.5 Å². The molecule has 1 aromatic carbocycles. The predicted molar refractivity (Wildman–Crippen MR) is 133 cm³/mol. The average molecular weight is 476 g/mol. The molecule has 0 fully saturated rings. The number of allylic oxidation sites excluding steroid dienone is 4. The van der Waals surface area contributed by atoms with E-state index in [0.29, 0.717) is 42.6 Å². The molecule has 1 aromatic rings. The van der Waals surface area contributed by atoms with Crippen molar-refractivity contribution in [2.24, 2.45) is 10.8 Å². The minimum absolute atomic E-state index is 0.0263. The standard InChI is InChI=1S/C29H33NO5/c1-6-13-35-19-9-7-18(8-10-19)25-26-20(14-28(2,3)16-22(26)31)30(12-11-24(33)34)21-15-29(4,5)17-23(32)27(21)25/h1,7-10,25H,11-17H2,2-5H3,(H,33,34). The van der Waals surface area contributed by atoms with E-state index in [2.05, 4.69) is 33.6 Å². The van der Waals surface area contributed by atoms with Crippen molar-refractivity contribution in [1.29, 1.82) is 0 Å². The Morgan fingerprint density at radius 3 is 1.97 bits per heavy atom. The van der Waals surface area contributed by atoms with Crippen LogP contribution < -0.4 is 4.74 Å². The fourth-order valence-electron chi connectivity index (χ4n) is 5.74. The number of carboxylic acids is 1. The van der Waals surface area contributed by atoms with Crippen molar-refractivity contribution in [3.05, 3.63) is 52.4 Å². The molecule has 3 aliphatic rings. The maximum Gasteiger partial charge on any atom is 0.305 e. The SMILES string of the molecule is C#CCOc1ccc(C2C3=C(CC(C)(C)CC3=O)N(CCC(=O)O)C3=C2C(=O)CC(C)(C)C3)cc1. The van der Waals surface area contributed by atoms with Gasteiger partial charge in [-0.15, -0.1) is 6.42 Å². The number of aliphatic carboxylic acids is 1. The highest BCUT2D eigenvalue weighted by molar-refractivity contribution is 6.06. The van der Waals surface area contributed by atoms with Gasteiger partial charge < -0.3 is 14.7 Å². The van der Waals surface area contributed by atoms with Gasteiger partial charge in [-0.2, -0.15) is 0 Å². The Morgan fingerprint density at radius 2 is 1.51 bits per heavy atom. The number of hydrogen-bond donors (Lipinski definition) is 1. The topological polar surface area (TPSA) is 83.9 Å². The van der Waals surface area contributed by atoms with Crippen LogP contribution in [0.25, 0.3) is 0 Å². The number of ether oxygens (including phenoxy) is 1. The second-order valence-corrected chi connectivity index (χ2v) is 11.4. The van der Waals surface area contributed by atoms with E-state index in [-0.39, 0.29) is 42.0 Å². The number of benzene rings is 1. The van der Waals surface area contributed by atoms with E-state index in [1.54, 1.807) is 0 Å². The number of hydrogen-bond acceptors (Lipinski definition) is 5. The van der Waals surface area contributed by atoms with E-state index in [9.17, 15) is 19.5 Å². The lowest BCUT2D eigenvalue weighted by molar-refractivity contribution is -0.137. The zero-order chi connectivity index (χ0) is 25.5. The number of nitrogens with zero attached hydrogens (tertiary/aromatic N) is 1. The van der Waals surface area contributed by atoms with Crippen molar-refractivity contribution in [2.45, 2.75) is 65.7 Å². The largest absolute Gasteiger partial charge is 0.481 e. The number of ketones is 2. The molecule has 2 aliphatic carbocycles. The van der Waals surface area contributed by atoms with Crippen LogP contribution in [0, 0.1) is 23.2 Å². The van der Waals surface area contributed by atoms with E-state index in [1.165, 1.54) is 0 Å². The lowest BCUT2D eigenvalue weighted by Crippen LogP contribution is -2.45. The molecule has 0 saturated heterocycles. The molecule has 6 heteroatoms. The van der Waals surface area contributed by atoms with Crippen LogP contribution in [-0.2, 0) is 14.4 Å². The first-order valence-corrected chi connectivity index (χ1v) is 12.1. The van der Waals surface area contributed by atoms with Crippen LogP contribution in [0.15, 0.2) is 46.8 Å². The highest BCUT2D eigenvalue weighted by Crippen LogP contribution is 2.54. The second kappa shape index (κ2) is 9.03. The molecule has 0 atom stereocenters. The molecule has 0 unspecified atom stereocenters. The molecule has 4 rings (SSSR count). The summed E-state index contributed by atoms with van der Waals surface area (Å²) in [6.45, 7) is 8.67. The van der Waals surface area contributed by atoms with Gasteiger partial charge in [0.05, 0.1) is 6.42 Å². The fraction of sp³-hybridized carbons (Fsp3) is 0.483. The highest BCUT2D eigenvalue weighted by atomic mass is 16.5. The predicted octanol–water partition coefficient (Wildman–Crippen LogP) is 4.86. The Labute approximate surface area is 207 Å². The molecule has 0 amide bonds. The molecule has 0 bridgehead atoms. The zero-order valence-corrected chi connectivity index (χ0v) is 20.9. The van der Waals surface area contributed by atoms with Crippen LogP contribution in [0.2, 0.25) is 0 Å². The van der Waals surface area contributed by atoms with Crippen LogP contribution in [0.5, 0.6) is 5.75 Å². The van der Waals surface area contributed by atoms with E-state index >= 15 is 0 Å². The molecule has 184 valence electrons. The summed E-state index contributed by atoms with van der Waals surface area (Å²) in [4.78, 5) is 40.8. The zero-order valence-electron chi connectivity index (χ0n) is 20.9. The minimum Gasteiger partial charge on any atom is -0.481 e. The molecule has 35 heavy (non-hydrogen) atoms. The summed E-state index contributed by atoms with van der Waals surface area (Å²) in [6, 6.07) is 7.44. The summed E-state index contributed by atoms with van der Waals surface area (Å²) in [5, 5.41) is 9.45. The van der Waals surface area contributed by atoms with Crippen molar-refractivity contribution in [3.8, 4) is 18.1 Å². The van der Waals surface area contributed by atoms with Gasteiger partial charge in [-0.3, -0.25) is 14.4 Å². The molecule has 1 aliphatic heterocycles. The lowest BCUT2D eigenvalue weighted by Gasteiger charge is -2.49. The summed E-state index contributed by atoms with van der Waals surface area (Å²) in [6.07, 6.45) is 7.31. The Morgan fingerprint density at radius 1 is 1.00 bits per heavy atom. The third-order valence-electron chi connectivity index (χ3n) is 7.11. The third kappa shape index (κ3) is 4.91. The van der Waals surface area contributed by atoms with Gasteiger partial charge in [0.2, 0.25) is 0 Å². The smallest absolute Gasteiger partial charge is 0.305 e. The molecule has 6 nitrogen and oxygen atoms in total. The number of carbonyl (C=O) groups is 3. The van der Waals surface area contributed by atoms with Gasteiger partial charge in [-0.05, 0) is 41.4 Å². The van der Waals surface area contributed by atoms with E-state index in [1.807, 2.05) is 29.2 Å². The Balaban J connectivity index is 1.90. The van der Waals surface area contributed by atoms with E-state index in [0.717, 1.165) is 17.0 Å². The van der Waals surface area contributed by atoms with Crippen molar-refractivity contribution in [1.82, 2.24) is 4.90 Å². The second-order valence-electron chi connectivity index (χ2n) is 11.4. The Bertz CT molecular complexity index is 1120. The average Bonchev–Trinajstić information content (AvgIpc) is 2.74. The van der Waals surface area contributed by atoms with Crippen LogP contribution in [0.4, 0.5) is 0 Å². The Hall–Kier alpha value is -3.33. The summed E-state index contributed by atoms with van der Waals surface area (Å²) >= 11 is 0. The van der Waals surface area contributed by atoms with Gasteiger partial charge >= 0.3 is 5.97 Å². The quantitative estimate of drug-likeness (QED) is 0.592. The normalized spacial score (nSPS) is 21.4. The first-order chi connectivity index (χ1) is 16.4. The maximum atomic E-state index is 13.6. The van der Waals surface area contributed by atoms with Gasteiger partial charge in [0.25, 0.3) is 0 Å². The molecule has 0 spiro atoms. The number of carbonyl (C=O) groups excluding carboxylic acids is 2. The molecule has 0 saturated carbocycles. The van der Waals surface area contributed by atoms with Crippen LogP contribution in [0.3, 0.4) is 0 Å². The number of Topliss-reactive ketones (excluding diaryl/α,β-unsaturated/α-hetero) is 2. The van der Waals surface area contributed by atoms with Gasteiger partial charge in [0.1, 0.15) is 12.4 Å². The summed E-state index contributed by atoms with van der Waals surface area (Å²) in [5.74, 6) is 1.76. The molecule has 0 aromatic heterocycles. The highest BCUT2D eigenvalue weighted by Gasteiger charge is 2.48. The van der Waals surface area contributed by atoms with Crippen molar-refractivity contribution in [3.63, 3.8) is 0 Å². The number of rotatable bonds is 6. The minimum atomic E-state index is -0.901. The van der Waals surface area contributed by atoms with Gasteiger partial charge in [0.15, 0.2) is 11.6 Å². The molecule has 1 heterocycles. The molecule has 1 N–H and O–H groups in total. The Kier molecular flexibility index (Phi) is 6.40. The summed E-state index contributed by atoms with van der Waals surface area (Å²) < 4.78 is 5.52. The third-order valence-corrected chi connectivity index (χ3v) is 7.11. The lowest BCUT2D eigenvalue weighted by atomic mass is 9.63. The maximum absolute atomic E-state index is 13.6. The van der Waals surface area contributed by atoms with Crippen LogP contribution >= 0.6 is 0 Å². The summed E-state index contributed by atoms with van der Waals surface area (Å²) in [5.41, 5.74) is 3.38. The fourth-order valence-corrected chi connectivity index (χ4v) is 5.74. The van der Waals surface area contributed by atoms with E-state index in [4.69, 9.17) is 11.2 Å².